The molecule has 0 aliphatic rings. The van der Waals surface area contributed by atoms with Gasteiger partial charge in [-0.2, -0.15) is 0 Å². The quantitative estimate of drug-likeness (QED) is 0.780. The summed E-state index contributed by atoms with van der Waals surface area (Å²) >= 11 is 0. The normalized spacial score (nSPS) is 11.9. The number of hydrogen-bond donors (Lipinski definition) is 1. The van der Waals surface area contributed by atoms with Crippen molar-refractivity contribution in [2.45, 2.75) is 33.2 Å². The molecule has 0 aromatic heterocycles. The van der Waals surface area contributed by atoms with E-state index in [1.54, 1.807) is 0 Å². The van der Waals surface area contributed by atoms with E-state index >= 15 is 0 Å². The van der Waals surface area contributed by atoms with Crippen LogP contribution in [0.15, 0.2) is 24.3 Å². The van der Waals surface area contributed by atoms with Crippen molar-refractivity contribution in [2.24, 2.45) is 5.92 Å². The summed E-state index contributed by atoms with van der Waals surface area (Å²) in [7, 11) is 1.30. The first-order valence-corrected chi connectivity index (χ1v) is 7.06. The van der Waals surface area contributed by atoms with Crippen molar-refractivity contribution in [1.29, 1.82) is 0 Å². The van der Waals surface area contributed by atoms with Gasteiger partial charge in [0.2, 0.25) is 0 Å². The summed E-state index contributed by atoms with van der Waals surface area (Å²) in [6, 6.07) is 6.91. The van der Waals surface area contributed by atoms with Crippen LogP contribution in [-0.4, -0.2) is 31.6 Å². The summed E-state index contributed by atoms with van der Waals surface area (Å²) in [6.07, 6.45) is 0.954. The molecule has 0 radical (unpaired) electrons. The minimum atomic E-state index is -0.659. The van der Waals surface area contributed by atoms with E-state index < -0.39 is 12.0 Å². The summed E-state index contributed by atoms with van der Waals surface area (Å²) in [4.78, 5) is 23.4. The van der Waals surface area contributed by atoms with Gasteiger partial charge >= 0.3 is 5.97 Å². The molecule has 1 atom stereocenters. The Morgan fingerprint density at radius 3 is 2.29 bits per heavy atom. The van der Waals surface area contributed by atoms with Crippen LogP contribution in [0.25, 0.3) is 0 Å². The molecule has 0 aliphatic carbocycles. The summed E-state index contributed by atoms with van der Waals surface area (Å²) in [5.74, 6) is -0.226. The summed E-state index contributed by atoms with van der Waals surface area (Å²) in [6.45, 7) is 5.62. The number of aryl methyl sites for hydroxylation is 1. The molecule has 1 aromatic carbocycles. The first-order chi connectivity index (χ1) is 9.97. The molecular weight excluding hydrogens is 270 g/mol. The molecular formula is C16H23NO4. The van der Waals surface area contributed by atoms with E-state index in [2.05, 4.69) is 17.0 Å². The Labute approximate surface area is 125 Å². The SMILES string of the molecule is CCc1ccc(OCC(=O)NC(C(=O)OC)C(C)C)cc1. The van der Waals surface area contributed by atoms with Crippen molar-refractivity contribution in [3.8, 4) is 5.75 Å². The first kappa shape index (κ1) is 17.0. The predicted molar refractivity (Wildman–Crippen MR) is 80.1 cm³/mol. The lowest BCUT2D eigenvalue weighted by Gasteiger charge is -2.19. The third-order valence-electron chi connectivity index (χ3n) is 3.14. The van der Waals surface area contributed by atoms with Gasteiger partial charge in [0, 0.05) is 0 Å². The van der Waals surface area contributed by atoms with Crippen LogP contribution in [0.4, 0.5) is 0 Å². The van der Waals surface area contributed by atoms with Crippen molar-refractivity contribution >= 4 is 11.9 Å². The number of ether oxygens (including phenoxy) is 2. The Morgan fingerprint density at radius 2 is 1.81 bits per heavy atom. The predicted octanol–water partition coefficient (Wildman–Crippen LogP) is 1.94. The van der Waals surface area contributed by atoms with Gasteiger partial charge < -0.3 is 14.8 Å². The molecule has 0 fully saturated rings. The zero-order chi connectivity index (χ0) is 15.8. The van der Waals surface area contributed by atoms with Gasteiger partial charge in [0.05, 0.1) is 7.11 Å². The number of methoxy groups -OCH3 is 1. The molecule has 0 saturated heterocycles. The minimum absolute atomic E-state index is 0.0507. The van der Waals surface area contributed by atoms with Crippen molar-refractivity contribution < 1.29 is 19.1 Å². The zero-order valence-electron chi connectivity index (χ0n) is 13.0. The van der Waals surface area contributed by atoms with Gasteiger partial charge in [0.1, 0.15) is 11.8 Å². The maximum atomic E-state index is 11.8. The number of amides is 1. The van der Waals surface area contributed by atoms with Crippen molar-refractivity contribution in [1.82, 2.24) is 5.32 Å². The highest BCUT2D eigenvalue weighted by Crippen LogP contribution is 2.12. The molecule has 0 spiro atoms. The Balaban J connectivity index is 2.50. The first-order valence-electron chi connectivity index (χ1n) is 7.06. The zero-order valence-corrected chi connectivity index (χ0v) is 13.0. The van der Waals surface area contributed by atoms with E-state index in [0.717, 1.165) is 6.42 Å². The molecule has 1 N–H and O–H groups in total. The van der Waals surface area contributed by atoms with Crippen LogP contribution >= 0.6 is 0 Å². The van der Waals surface area contributed by atoms with E-state index in [9.17, 15) is 9.59 Å². The van der Waals surface area contributed by atoms with Crippen LogP contribution < -0.4 is 10.1 Å². The number of nitrogens with one attached hydrogen (secondary N) is 1. The third-order valence-corrected chi connectivity index (χ3v) is 3.14. The van der Waals surface area contributed by atoms with Gasteiger partial charge in [-0.05, 0) is 30.0 Å². The van der Waals surface area contributed by atoms with E-state index in [0.29, 0.717) is 5.75 Å². The van der Waals surface area contributed by atoms with Crippen molar-refractivity contribution in [2.75, 3.05) is 13.7 Å². The minimum Gasteiger partial charge on any atom is -0.484 e. The van der Waals surface area contributed by atoms with Crippen LogP contribution in [0.3, 0.4) is 0 Å². The molecule has 1 amide bonds. The molecule has 5 heteroatoms. The van der Waals surface area contributed by atoms with E-state index in [4.69, 9.17) is 4.74 Å². The van der Waals surface area contributed by atoms with Crippen LogP contribution in [-0.2, 0) is 20.7 Å². The average Bonchev–Trinajstić information content (AvgIpc) is 2.50. The number of esters is 1. The number of benzene rings is 1. The summed E-state index contributed by atoms with van der Waals surface area (Å²) in [5.41, 5.74) is 1.21. The number of carbonyl (C=O) groups is 2. The second-order valence-corrected chi connectivity index (χ2v) is 5.10. The molecule has 0 bridgehead atoms. The van der Waals surface area contributed by atoms with Gasteiger partial charge in [-0.1, -0.05) is 32.9 Å². The summed E-state index contributed by atoms with van der Waals surface area (Å²) < 4.78 is 10.1. The lowest BCUT2D eigenvalue weighted by Crippen LogP contribution is -2.46. The Hall–Kier alpha value is -2.04. The average molecular weight is 293 g/mol. The van der Waals surface area contributed by atoms with Crippen LogP contribution in [0.5, 0.6) is 5.75 Å². The fourth-order valence-corrected chi connectivity index (χ4v) is 1.81. The standard InChI is InChI=1S/C16H23NO4/c1-5-12-6-8-13(9-7-12)21-10-14(18)17-15(11(2)3)16(19)20-4/h6-9,11,15H,5,10H2,1-4H3,(H,17,18). The van der Waals surface area contributed by atoms with Gasteiger partial charge in [0.25, 0.3) is 5.91 Å². The van der Waals surface area contributed by atoms with Gasteiger partial charge in [-0.15, -0.1) is 0 Å². The van der Waals surface area contributed by atoms with Crippen molar-refractivity contribution in [3.05, 3.63) is 29.8 Å². The lowest BCUT2D eigenvalue weighted by atomic mass is 10.0. The lowest BCUT2D eigenvalue weighted by molar-refractivity contribution is -0.146. The smallest absolute Gasteiger partial charge is 0.328 e. The number of carbonyl (C=O) groups excluding carboxylic acids is 2. The van der Waals surface area contributed by atoms with Gasteiger partial charge in [0.15, 0.2) is 6.61 Å². The highest BCUT2D eigenvalue weighted by atomic mass is 16.5. The molecule has 0 aliphatic heterocycles. The molecule has 1 rings (SSSR count). The van der Waals surface area contributed by atoms with Gasteiger partial charge in [-0.3, -0.25) is 4.79 Å². The largest absolute Gasteiger partial charge is 0.484 e. The molecule has 0 heterocycles. The summed E-state index contributed by atoms with van der Waals surface area (Å²) in [5, 5.41) is 2.62. The molecule has 116 valence electrons. The fourth-order valence-electron chi connectivity index (χ4n) is 1.81. The van der Waals surface area contributed by atoms with E-state index in [1.807, 2.05) is 38.1 Å². The van der Waals surface area contributed by atoms with Gasteiger partial charge in [-0.25, -0.2) is 4.79 Å². The van der Waals surface area contributed by atoms with E-state index in [-0.39, 0.29) is 18.4 Å². The highest BCUT2D eigenvalue weighted by Gasteiger charge is 2.24. The van der Waals surface area contributed by atoms with Crippen molar-refractivity contribution in [3.63, 3.8) is 0 Å². The Bertz CT molecular complexity index is 468. The second kappa shape index (κ2) is 8.29. The maximum absolute atomic E-state index is 11.8. The maximum Gasteiger partial charge on any atom is 0.328 e. The molecule has 1 unspecified atom stereocenters. The Morgan fingerprint density at radius 1 is 1.19 bits per heavy atom. The topological polar surface area (TPSA) is 64.6 Å². The third kappa shape index (κ3) is 5.45. The monoisotopic (exact) mass is 293 g/mol. The number of hydrogen-bond acceptors (Lipinski definition) is 4. The second-order valence-electron chi connectivity index (χ2n) is 5.10. The molecule has 0 saturated carbocycles. The Kier molecular flexibility index (Phi) is 6.72. The van der Waals surface area contributed by atoms with Crippen LogP contribution in [0, 0.1) is 5.92 Å². The van der Waals surface area contributed by atoms with Crippen LogP contribution in [0.2, 0.25) is 0 Å². The molecule has 1 aromatic rings. The molecule has 5 nitrogen and oxygen atoms in total. The highest BCUT2D eigenvalue weighted by molar-refractivity contribution is 5.85. The number of rotatable bonds is 7. The van der Waals surface area contributed by atoms with Crippen LogP contribution in [0.1, 0.15) is 26.3 Å². The van der Waals surface area contributed by atoms with E-state index in [1.165, 1.54) is 12.7 Å². The molecule has 21 heavy (non-hydrogen) atoms. The fraction of sp³-hybridized carbons (Fsp3) is 0.500.